The zero-order chi connectivity index (χ0) is 10.1. The van der Waals surface area contributed by atoms with Crippen LogP contribution in [0.1, 0.15) is 19.7 Å². The van der Waals surface area contributed by atoms with Crippen molar-refractivity contribution in [1.29, 1.82) is 0 Å². The zero-order valence-electron chi connectivity index (χ0n) is 8.50. The number of hydrogen-bond donors (Lipinski definition) is 2. The summed E-state index contributed by atoms with van der Waals surface area (Å²) in [6, 6.07) is 0.343. The lowest BCUT2D eigenvalue weighted by Gasteiger charge is -2.09. The summed E-state index contributed by atoms with van der Waals surface area (Å²) in [6.45, 7) is 6.00. The first kappa shape index (κ1) is 8.93. The van der Waals surface area contributed by atoms with Gasteiger partial charge in [-0.05, 0) is 20.8 Å². The van der Waals surface area contributed by atoms with Gasteiger partial charge in [0.05, 0.1) is 6.33 Å². The number of imidazole rings is 1. The maximum atomic E-state index is 4.32. The van der Waals surface area contributed by atoms with E-state index in [9.17, 15) is 0 Å². The van der Waals surface area contributed by atoms with Gasteiger partial charge in [-0.2, -0.15) is 0 Å². The van der Waals surface area contributed by atoms with Gasteiger partial charge in [-0.3, -0.25) is 0 Å². The number of aromatic nitrogens is 4. The van der Waals surface area contributed by atoms with Gasteiger partial charge < -0.3 is 10.3 Å². The minimum atomic E-state index is 0.343. The highest BCUT2D eigenvalue weighted by atomic mass is 15.1. The molecule has 5 heteroatoms. The van der Waals surface area contributed by atoms with E-state index in [1.807, 2.05) is 6.92 Å². The number of aromatic amines is 1. The second-order valence-electron chi connectivity index (χ2n) is 3.52. The lowest BCUT2D eigenvalue weighted by atomic mass is 10.3. The Morgan fingerprint density at radius 2 is 2.14 bits per heavy atom. The fourth-order valence-electron chi connectivity index (χ4n) is 1.32. The third kappa shape index (κ3) is 1.53. The van der Waals surface area contributed by atoms with Gasteiger partial charge in [0.25, 0.3) is 0 Å². The summed E-state index contributed by atoms with van der Waals surface area (Å²) >= 11 is 0. The molecule has 0 radical (unpaired) electrons. The van der Waals surface area contributed by atoms with Gasteiger partial charge in [0, 0.05) is 6.04 Å². The van der Waals surface area contributed by atoms with Crippen molar-refractivity contribution >= 4 is 17.0 Å². The fourth-order valence-corrected chi connectivity index (χ4v) is 1.32. The van der Waals surface area contributed by atoms with Crippen molar-refractivity contribution in [1.82, 2.24) is 19.9 Å². The number of H-pyrrole nitrogens is 1. The van der Waals surface area contributed by atoms with Crippen molar-refractivity contribution in [2.45, 2.75) is 26.8 Å². The van der Waals surface area contributed by atoms with Crippen molar-refractivity contribution in [3.8, 4) is 0 Å². The average molecular weight is 191 g/mol. The van der Waals surface area contributed by atoms with Crippen LogP contribution in [0.4, 0.5) is 5.82 Å². The summed E-state index contributed by atoms with van der Waals surface area (Å²) in [5.74, 6) is 1.55. The molecular formula is C9H13N5. The Labute approximate surface area is 82.0 Å². The van der Waals surface area contributed by atoms with Crippen molar-refractivity contribution in [2.75, 3.05) is 5.32 Å². The topological polar surface area (TPSA) is 66.5 Å². The summed E-state index contributed by atoms with van der Waals surface area (Å²) in [6.07, 6.45) is 1.63. The quantitative estimate of drug-likeness (QED) is 0.754. The first-order chi connectivity index (χ1) is 6.66. The molecule has 0 aromatic carbocycles. The minimum Gasteiger partial charge on any atom is -0.366 e. The first-order valence-electron chi connectivity index (χ1n) is 4.61. The molecule has 0 amide bonds. The normalized spacial score (nSPS) is 11.1. The number of nitrogens with one attached hydrogen (secondary N) is 2. The van der Waals surface area contributed by atoms with Crippen LogP contribution >= 0.6 is 0 Å². The molecule has 0 saturated heterocycles. The standard InChI is InChI=1S/C9H13N5/c1-5(2)12-9-7-8(11-4-10-7)13-6(3)14-9/h4-5H,1-3H3,(H2,10,11,12,13,14). The van der Waals surface area contributed by atoms with E-state index in [2.05, 4.69) is 39.1 Å². The number of aryl methyl sites for hydroxylation is 1. The van der Waals surface area contributed by atoms with E-state index in [1.165, 1.54) is 0 Å². The number of anilines is 1. The van der Waals surface area contributed by atoms with Crippen molar-refractivity contribution in [3.63, 3.8) is 0 Å². The van der Waals surface area contributed by atoms with E-state index in [1.54, 1.807) is 6.33 Å². The van der Waals surface area contributed by atoms with Crippen LogP contribution in [0, 0.1) is 6.92 Å². The molecule has 0 aliphatic heterocycles. The third-order valence-corrected chi connectivity index (χ3v) is 1.82. The molecule has 0 saturated carbocycles. The Balaban J connectivity index is 2.55. The first-order valence-corrected chi connectivity index (χ1v) is 4.61. The molecule has 2 heterocycles. The molecule has 14 heavy (non-hydrogen) atoms. The lowest BCUT2D eigenvalue weighted by Crippen LogP contribution is -2.12. The molecule has 0 spiro atoms. The van der Waals surface area contributed by atoms with Crippen molar-refractivity contribution in [3.05, 3.63) is 12.2 Å². The molecule has 2 rings (SSSR count). The highest BCUT2D eigenvalue weighted by Gasteiger charge is 2.07. The summed E-state index contributed by atoms with van der Waals surface area (Å²) in [5, 5.41) is 3.25. The number of hydrogen-bond acceptors (Lipinski definition) is 4. The maximum absolute atomic E-state index is 4.32. The Bertz CT molecular complexity index is 445. The molecule has 0 aliphatic rings. The zero-order valence-corrected chi connectivity index (χ0v) is 8.50. The monoisotopic (exact) mass is 191 g/mol. The molecule has 5 nitrogen and oxygen atoms in total. The van der Waals surface area contributed by atoms with Gasteiger partial charge in [0.15, 0.2) is 11.5 Å². The van der Waals surface area contributed by atoms with Crippen LogP contribution in [-0.2, 0) is 0 Å². The second-order valence-corrected chi connectivity index (χ2v) is 3.52. The fraction of sp³-hybridized carbons (Fsp3) is 0.444. The van der Waals surface area contributed by atoms with Crippen LogP contribution < -0.4 is 5.32 Å². The summed E-state index contributed by atoms with van der Waals surface area (Å²) < 4.78 is 0. The largest absolute Gasteiger partial charge is 0.366 e. The van der Waals surface area contributed by atoms with Crippen LogP contribution in [-0.4, -0.2) is 26.0 Å². The van der Waals surface area contributed by atoms with E-state index in [-0.39, 0.29) is 0 Å². The SMILES string of the molecule is Cc1nc(NC(C)C)c2[nH]cnc2n1. The molecule has 0 aliphatic carbocycles. The molecule has 74 valence electrons. The van der Waals surface area contributed by atoms with E-state index in [0.717, 1.165) is 17.2 Å². The van der Waals surface area contributed by atoms with Crippen LogP contribution in [0.25, 0.3) is 11.2 Å². The van der Waals surface area contributed by atoms with Crippen LogP contribution in [0.5, 0.6) is 0 Å². The molecule has 0 atom stereocenters. The van der Waals surface area contributed by atoms with Gasteiger partial charge in [-0.25, -0.2) is 15.0 Å². The minimum absolute atomic E-state index is 0.343. The average Bonchev–Trinajstić information content (AvgIpc) is 2.50. The number of nitrogens with zero attached hydrogens (tertiary/aromatic N) is 3. The third-order valence-electron chi connectivity index (χ3n) is 1.82. The van der Waals surface area contributed by atoms with Gasteiger partial charge >= 0.3 is 0 Å². The molecule has 0 unspecified atom stereocenters. The summed E-state index contributed by atoms with van der Waals surface area (Å²) in [4.78, 5) is 15.7. The molecule has 2 N–H and O–H groups in total. The smallest absolute Gasteiger partial charge is 0.183 e. The Morgan fingerprint density at radius 3 is 2.86 bits per heavy atom. The second kappa shape index (κ2) is 3.25. The molecular weight excluding hydrogens is 178 g/mol. The van der Waals surface area contributed by atoms with Gasteiger partial charge in [-0.1, -0.05) is 0 Å². The molecule has 0 bridgehead atoms. The van der Waals surface area contributed by atoms with Gasteiger partial charge in [-0.15, -0.1) is 0 Å². The molecule has 2 aromatic rings. The van der Waals surface area contributed by atoms with E-state index < -0.39 is 0 Å². The predicted molar refractivity (Wildman–Crippen MR) is 55.2 cm³/mol. The van der Waals surface area contributed by atoms with Crippen LogP contribution in [0.3, 0.4) is 0 Å². The summed E-state index contributed by atoms with van der Waals surface area (Å²) in [5.41, 5.74) is 1.57. The highest BCUT2D eigenvalue weighted by molar-refractivity contribution is 5.82. The summed E-state index contributed by atoms with van der Waals surface area (Å²) in [7, 11) is 0. The lowest BCUT2D eigenvalue weighted by molar-refractivity contribution is 0.885. The Kier molecular flexibility index (Phi) is 2.07. The number of rotatable bonds is 2. The van der Waals surface area contributed by atoms with Crippen LogP contribution in [0.2, 0.25) is 0 Å². The maximum Gasteiger partial charge on any atom is 0.183 e. The van der Waals surface area contributed by atoms with Crippen molar-refractivity contribution < 1.29 is 0 Å². The van der Waals surface area contributed by atoms with E-state index in [0.29, 0.717) is 11.7 Å². The predicted octanol–water partition coefficient (Wildman–Crippen LogP) is 1.48. The Hall–Kier alpha value is -1.65. The molecule has 2 aromatic heterocycles. The van der Waals surface area contributed by atoms with Gasteiger partial charge in [0.1, 0.15) is 11.3 Å². The van der Waals surface area contributed by atoms with Crippen LogP contribution in [0.15, 0.2) is 6.33 Å². The number of fused-ring (bicyclic) bond motifs is 1. The van der Waals surface area contributed by atoms with E-state index in [4.69, 9.17) is 0 Å². The van der Waals surface area contributed by atoms with Gasteiger partial charge in [0.2, 0.25) is 0 Å². The molecule has 0 fully saturated rings. The van der Waals surface area contributed by atoms with E-state index >= 15 is 0 Å². The Morgan fingerprint density at radius 1 is 1.36 bits per heavy atom. The highest BCUT2D eigenvalue weighted by Crippen LogP contribution is 2.16. The van der Waals surface area contributed by atoms with Crippen molar-refractivity contribution in [2.24, 2.45) is 0 Å².